The van der Waals surface area contributed by atoms with Crippen LogP contribution in [0.25, 0.3) is 5.76 Å². The second kappa shape index (κ2) is 10.7. The van der Waals surface area contributed by atoms with Gasteiger partial charge in [0.2, 0.25) is 5.13 Å². The number of carbonyl (C=O) groups is 2. The lowest BCUT2D eigenvalue weighted by molar-refractivity contribution is -0.132. The van der Waals surface area contributed by atoms with Gasteiger partial charge in [0.1, 0.15) is 22.6 Å². The fourth-order valence-corrected chi connectivity index (χ4v) is 5.55. The predicted molar refractivity (Wildman–Crippen MR) is 148 cm³/mol. The Bertz CT molecular complexity index is 1460. The van der Waals surface area contributed by atoms with E-state index >= 15 is 0 Å². The molecule has 10 heteroatoms. The largest absolute Gasteiger partial charge is 0.507 e. The molecule has 0 unspecified atom stereocenters. The van der Waals surface area contributed by atoms with Gasteiger partial charge in [-0.3, -0.25) is 14.5 Å². The van der Waals surface area contributed by atoms with Crippen molar-refractivity contribution in [3.8, 4) is 17.2 Å². The summed E-state index contributed by atoms with van der Waals surface area (Å²) in [4.78, 5) is 28.2. The number of methoxy groups -OCH3 is 1. The van der Waals surface area contributed by atoms with Gasteiger partial charge >= 0.3 is 5.91 Å². The Morgan fingerprint density at radius 2 is 1.97 bits per heavy atom. The van der Waals surface area contributed by atoms with Gasteiger partial charge in [-0.1, -0.05) is 31.3 Å². The molecule has 2 atom stereocenters. The molecule has 0 radical (unpaired) electrons. The molecule has 39 heavy (non-hydrogen) atoms. The van der Waals surface area contributed by atoms with E-state index in [1.807, 2.05) is 6.92 Å². The zero-order chi connectivity index (χ0) is 27.8. The van der Waals surface area contributed by atoms with Crippen LogP contribution in [0.2, 0.25) is 0 Å². The molecule has 2 aliphatic heterocycles. The van der Waals surface area contributed by atoms with Crippen LogP contribution in [0.3, 0.4) is 0 Å². The first kappa shape index (κ1) is 26.7. The van der Waals surface area contributed by atoms with E-state index in [1.54, 1.807) is 43.3 Å². The lowest BCUT2D eigenvalue weighted by Gasteiger charge is -2.23. The Kier molecular flexibility index (Phi) is 7.31. The third-order valence-corrected chi connectivity index (χ3v) is 7.63. The van der Waals surface area contributed by atoms with Gasteiger partial charge in [0.05, 0.1) is 25.3 Å². The number of Topliss-reactive ketones (excluding diaryl/α,β-unsaturated/α-hetero) is 1. The lowest BCUT2D eigenvalue weighted by atomic mass is 9.94. The molecule has 1 fully saturated rings. The summed E-state index contributed by atoms with van der Waals surface area (Å²) in [6, 6.07) is 9.59. The molecule has 9 nitrogen and oxygen atoms in total. The van der Waals surface area contributed by atoms with Crippen LogP contribution >= 0.6 is 11.3 Å². The maximum absolute atomic E-state index is 13.5. The Labute approximate surface area is 231 Å². The van der Waals surface area contributed by atoms with Crippen molar-refractivity contribution in [3.63, 3.8) is 0 Å². The summed E-state index contributed by atoms with van der Waals surface area (Å²) in [5.41, 5.74) is 1.90. The van der Waals surface area contributed by atoms with Crippen LogP contribution in [0.15, 0.2) is 42.0 Å². The number of aromatic nitrogens is 2. The molecule has 2 aromatic carbocycles. The Balaban J connectivity index is 1.62. The Hall–Kier alpha value is -3.92. The smallest absolute Gasteiger partial charge is 0.301 e. The van der Waals surface area contributed by atoms with E-state index in [2.05, 4.69) is 24.0 Å². The van der Waals surface area contributed by atoms with Gasteiger partial charge in [-0.05, 0) is 67.6 Å². The second-order valence-corrected chi connectivity index (χ2v) is 11.3. The Morgan fingerprint density at radius 3 is 2.67 bits per heavy atom. The van der Waals surface area contributed by atoms with Crippen LogP contribution < -0.4 is 19.1 Å². The van der Waals surface area contributed by atoms with Crippen molar-refractivity contribution in [2.24, 2.45) is 5.92 Å². The summed E-state index contributed by atoms with van der Waals surface area (Å²) in [6.45, 7) is 8.51. The zero-order valence-electron chi connectivity index (χ0n) is 22.6. The summed E-state index contributed by atoms with van der Waals surface area (Å²) in [7, 11) is 1.53. The van der Waals surface area contributed by atoms with Gasteiger partial charge in [0, 0.05) is 12.0 Å². The first-order chi connectivity index (χ1) is 18.7. The number of hydrogen-bond acceptors (Lipinski definition) is 9. The minimum Gasteiger partial charge on any atom is -0.507 e. The fraction of sp³-hybridized carbons (Fsp3) is 0.379. The van der Waals surface area contributed by atoms with Crippen molar-refractivity contribution >= 4 is 33.9 Å². The number of benzene rings is 2. The van der Waals surface area contributed by atoms with Crippen molar-refractivity contribution in [3.05, 3.63) is 63.7 Å². The molecule has 1 N–H and O–H groups in total. The number of aryl methyl sites for hydroxylation is 1. The highest BCUT2D eigenvalue weighted by Gasteiger charge is 2.48. The topological polar surface area (TPSA) is 111 Å². The maximum Gasteiger partial charge on any atom is 0.301 e. The molecule has 0 spiro atoms. The highest BCUT2D eigenvalue weighted by atomic mass is 32.1. The van der Waals surface area contributed by atoms with Crippen molar-refractivity contribution in [1.29, 1.82) is 0 Å². The number of carbonyl (C=O) groups excluding carboxylic acids is 2. The van der Waals surface area contributed by atoms with Crippen LogP contribution in [0.1, 0.15) is 54.9 Å². The Morgan fingerprint density at radius 1 is 1.18 bits per heavy atom. The zero-order valence-corrected chi connectivity index (χ0v) is 23.4. The molecule has 3 aromatic rings. The second-order valence-electron chi connectivity index (χ2n) is 10.2. The summed E-state index contributed by atoms with van der Waals surface area (Å²) in [5, 5.41) is 20.6. The standard InChI is InChI=1S/C29H31N3O6S/c1-15(2)10-11-37-22-9-6-18(14-23(22)36-5)25-24(27(34)28(35)32(25)29-31-30-17(4)39-29)26(33)19-7-8-21-20(13-19)12-16(3)38-21/h6-9,13-16,25,33H,10-12H2,1-5H3/t16-,25+/m1/s1. The molecule has 0 saturated carbocycles. The summed E-state index contributed by atoms with van der Waals surface area (Å²) in [5.74, 6) is 0.397. The number of aliphatic hydroxyl groups is 1. The predicted octanol–water partition coefficient (Wildman–Crippen LogP) is 5.23. The third kappa shape index (κ3) is 5.08. The van der Waals surface area contributed by atoms with E-state index in [-0.39, 0.29) is 22.6 Å². The first-order valence-electron chi connectivity index (χ1n) is 12.9. The summed E-state index contributed by atoms with van der Waals surface area (Å²) < 4.78 is 17.3. The van der Waals surface area contributed by atoms with E-state index in [1.165, 1.54) is 23.3 Å². The van der Waals surface area contributed by atoms with E-state index in [0.717, 1.165) is 17.7 Å². The molecule has 5 rings (SSSR count). The van der Waals surface area contributed by atoms with Gasteiger partial charge in [-0.15, -0.1) is 10.2 Å². The van der Waals surface area contributed by atoms with Crippen LogP contribution in [0, 0.1) is 12.8 Å². The van der Waals surface area contributed by atoms with Crippen LogP contribution in [0.5, 0.6) is 17.2 Å². The molecule has 1 amide bonds. The van der Waals surface area contributed by atoms with E-state index in [9.17, 15) is 14.7 Å². The molecule has 2 aliphatic rings. The van der Waals surface area contributed by atoms with Crippen molar-refractivity contribution in [1.82, 2.24) is 10.2 Å². The number of ether oxygens (including phenoxy) is 3. The monoisotopic (exact) mass is 549 g/mol. The quantitative estimate of drug-likeness (QED) is 0.231. The van der Waals surface area contributed by atoms with Crippen molar-refractivity contribution in [2.75, 3.05) is 18.6 Å². The number of rotatable bonds is 8. The van der Waals surface area contributed by atoms with Gasteiger partial charge in [-0.2, -0.15) is 0 Å². The maximum atomic E-state index is 13.5. The van der Waals surface area contributed by atoms with Crippen LogP contribution in [-0.4, -0.2) is 46.8 Å². The highest BCUT2D eigenvalue weighted by molar-refractivity contribution is 7.15. The number of fused-ring (bicyclic) bond motifs is 1. The molecule has 1 saturated heterocycles. The molecular formula is C29H31N3O6S. The molecule has 1 aromatic heterocycles. The molecule has 204 valence electrons. The number of hydrogen-bond donors (Lipinski definition) is 1. The van der Waals surface area contributed by atoms with Gasteiger partial charge in [0.15, 0.2) is 11.5 Å². The summed E-state index contributed by atoms with van der Waals surface area (Å²) >= 11 is 1.20. The van der Waals surface area contributed by atoms with E-state index in [4.69, 9.17) is 14.2 Å². The summed E-state index contributed by atoms with van der Waals surface area (Å²) in [6.07, 6.45) is 1.59. The van der Waals surface area contributed by atoms with Crippen LogP contribution in [0.4, 0.5) is 5.13 Å². The minimum atomic E-state index is -0.945. The van der Waals surface area contributed by atoms with Crippen molar-refractivity contribution < 1.29 is 28.9 Å². The van der Waals surface area contributed by atoms with Crippen LogP contribution in [-0.2, 0) is 16.0 Å². The van der Waals surface area contributed by atoms with Gasteiger partial charge in [0.25, 0.3) is 5.78 Å². The van der Waals surface area contributed by atoms with E-state index < -0.39 is 17.7 Å². The molecule has 0 aliphatic carbocycles. The number of nitrogens with zero attached hydrogens (tertiary/aromatic N) is 3. The minimum absolute atomic E-state index is 0.0253. The van der Waals surface area contributed by atoms with E-state index in [0.29, 0.717) is 46.6 Å². The van der Waals surface area contributed by atoms with Gasteiger partial charge in [-0.25, -0.2) is 0 Å². The number of amides is 1. The SMILES string of the molecule is COc1cc([C@H]2C(=C(O)c3ccc4c(c3)C[C@@H](C)O4)C(=O)C(=O)N2c2nnc(C)s2)ccc1OCCC(C)C. The van der Waals surface area contributed by atoms with Gasteiger partial charge < -0.3 is 19.3 Å². The lowest BCUT2D eigenvalue weighted by Crippen LogP contribution is -2.29. The first-order valence-corrected chi connectivity index (χ1v) is 13.7. The van der Waals surface area contributed by atoms with Crippen molar-refractivity contribution in [2.45, 2.75) is 52.7 Å². The molecular weight excluding hydrogens is 518 g/mol. The number of aliphatic hydroxyl groups excluding tert-OH is 1. The normalized spacial score (nSPS) is 19.9. The highest BCUT2D eigenvalue weighted by Crippen LogP contribution is 2.45. The fourth-order valence-electron chi connectivity index (χ4n) is 4.83. The average molecular weight is 550 g/mol. The molecule has 0 bridgehead atoms. The third-order valence-electron chi connectivity index (χ3n) is 6.79. The molecule has 3 heterocycles. The number of ketones is 1. The average Bonchev–Trinajstić information content (AvgIpc) is 3.57. The number of anilines is 1.